The van der Waals surface area contributed by atoms with Gasteiger partial charge in [0, 0.05) is 56.0 Å². The maximum Gasteiger partial charge on any atom is 0.225 e. The lowest BCUT2D eigenvalue weighted by molar-refractivity contribution is -0.136. The second kappa shape index (κ2) is 7.83. The van der Waals surface area contributed by atoms with E-state index >= 15 is 0 Å². The molecule has 1 heterocycles. The maximum atomic E-state index is 12.3. The number of Topliss-reactive ketones (excluding diaryl/α,β-unsaturated/α-hetero) is 1. The van der Waals surface area contributed by atoms with Gasteiger partial charge in [0.25, 0.3) is 0 Å². The Hall–Kier alpha value is -2.47. The molecular formula is C20H25N3O3. The van der Waals surface area contributed by atoms with E-state index in [1.807, 2.05) is 18.7 Å². The fourth-order valence-electron chi connectivity index (χ4n) is 3.32. The number of amides is 1. The van der Waals surface area contributed by atoms with Gasteiger partial charge in [-0.25, -0.2) is 0 Å². The van der Waals surface area contributed by atoms with Gasteiger partial charge in [-0.05, 0) is 0 Å². The Morgan fingerprint density at radius 1 is 1.19 bits per heavy atom. The first-order chi connectivity index (χ1) is 12.5. The lowest BCUT2D eigenvalue weighted by Gasteiger charge is -2.35. The first-order valence-corrected chi connectivity index (χ1v) is 9.07. The maximum absolute atomic E-state index is 12.3. The summed E-state index contributed by atoms with van der Waals surface area (Å²) in [5.41, 5.74) is 1.36. The van der Waals surface area contributed by atoms with Gasteiger partial charge < -0.3 is 10.0 Å². The van der Waals surface area contributed by atoms with E-state index in [0.29, 0.717) is 17.7 Å². The third-order valence-electron chi connectivity index (χ3n) is 4.87. The number of hydrogen-bond donors (Lipinski definition) is 1. The molecule has 1 aliphatic heterocycles. The van der Waals surface area contributed by atoms with Gasteiger partial charge >= 0.3 is 0 Å². The zero-order chi connectivity index (χ0) is 18.7. The zero-order valence-electron chi connectivity index (χ0n) is 15.3. The second-order valence-corrected chi connectivity index (χ2v) is 6.99. The van der Waals surface area contributed by atoms with Gasteiger partial charge in [-0.1, -0.05) is 38.1 Å². The van der Waals surface area contributed by atoms with Crippen LogP contribution in [0.3, 0.4) is 0 Å². The van der Waals surface area contributed by atoms with Crippen LogP contribution in [-0.4, -0.2) is 72.1 Å². The Bertz CT molecular complexity index is 759. The summed E-state index contributed by atoms with van der Waals surface area (Å²) in [5.74, 6) is 0.0855. The molecule has 1 N–H and O–H groups in total. The Labute approximate surface area is 153 Å². The van der Waals surface area contributed by atoms with Crippen molar-refractivity contribution in [2.24, 2.45) is 10.9 Å². The van der Waals surface area contributed by atoms with E-state index in [-0.39, 0.29) is 28.9 Å². The molecule has 1 aromatic carbocycles. The Balaban J connectivity index is 1.49. The average molecular weight is 355 g/mol. The Morgan fingerprint density at radius 2 is 1.85 bits per heavy atom. The van der Waals surface area contributed by atoms with Gasteiger partial charge in [0.05, 0.1) is 12.1 Å². The molecule has 26 heavy (non-hydrogen) atoms. The smallest absolute Gasteiger partial charge is 0.225 e. The largest absolute Gasteiger partial charge is 0.506 e. The zero-order valence-corrected chi connectivity index (χ0v) is 15.3. The van der Waals surface area contributed by atoms with Crippen LogP contribution in [0.1, 0.15) is 29.8 Å². The summed E-state index contributed by atoms with van der Waals surface area (Å²) in [6.45, 7) is 8.36. The molecule has 0 unspecified atom stereocenters. The van der Waals surface area contributed by atoms with Crippen LogP contribution in [0.4, 0.5) is 0 Å². The van der Waals surface area contributed by atoms with Crippen LogP contribution < -0.4 is 0 Å². The first kappa shape index (κ1) is 18.3. The van der Waals surface area contributed by atoms with Crippen molar-refractivity contribution in [3.05, 3.63) is 41.0 Å². The van der Waals surface area contributed by atoms with Crippen LogP contribution in [0, 0.1) is 5.92 Å². The number of aliphatic hydroxyl groups excluding tert-OH is 1. The number of ketones is 1. The Kier molecular flexibility index (Phi) is 5.52. The topological polar surface area (TPSA) is 73.2 Å². The minimum Gasteiger partial charge on any atom is -0.506 e. The van der Waals surface area contributed by atoms with E-state index in [9.17, 15) is 14.7 Å². The van der Waals surface area contributed by atoms with Crippen LogP contribution in [0.2, 0.25) is 0 Å². The highest BCUT2D eigenvalue weighted by atomic mass is 16.3. The van der Waals surface area contributed by atoms with Crippen molar-refractivity contribution in [2.75, 3.05) is 39.3 Å². The first-order valence-electron chi connectivity index (χ1n) is 9.07. The highest BCUT2D eigenvalue weighted by Gasteiger charge is 2.28. The average Bonchev–Trinajstić information content (AvgIpc) is 2.90. The number of allylic oxidation sites excluding steroid dienone is 1. The fraction of sp³-hybridized carbons (Fsp3) is 0.450. The predicted molar refractivity (Wildman–Crippen MR) is 102 cm³/mol. The molecule has 138 valence electrons. The molecule has 1 aliphatic carbocycles. The van der Waals surface area contributed by atoms with Crippen LogP contribution in [0.5, 0.6) is 0 Å². The number of carbonyl (C=O) groups excluding carboxylic acids is 2. The lowest BCUT2D eigenvalue weighted by Crippen LogP contribution is -2.50. The summed E-state index contributed by atoms with van der Waals surface area (Å²) in [6, 6.07) is 7.04. The van der Waals surface area contributed by atoms with Gasteiger partial charge in [0.2, 0.25) is 5.91 Å². The normalized spacial score (nSPS) is 18.3. The van der Waals surface area contributed by atoms with Gasteiger partial charge in [0.15, 0.2) is 5.78 Å². The predicted octanol–water partition coefficient (Wildman–Crippen LogP) is 2.02. The summed E-state index contributed by atoms with van der Waals surface area (Å²) < 4.78 is 0. The third kappa shape index (κ3) is 3.70. The van der Waals surface area contributed by atoms with Gasteiger partial charge in [-0.15, -0.1) is 0 Å². The minimum absolute atomic E-state index is 0.00941. The van der Waals surface area contributed by atoms with E-state index in [4.69, 9.17) is 0 Å². The van der Waals surface area contributed by atoms with Crippen molar-refractivity contribution < 1.29 is 14.7 Å². The molecule has 6 nitrogen and oxygen atoms in total. The molecule has 1 aromatic rings. The molecule has 0 radical (unpaired) electrons. The molecule has 0 aromatic heterocycles. The summed E-state index contributed by atoms with van der Waals surface area (Å²) in [4.78, 5) is 32.8. The molecule has 2 aliphatic rings. The number of hydrogen-bond acceptors (Lipinski definition) is 5. The molecule has 1 saturated heterocycles. The van der Waals surface area contributed by atoms with Crippen molar-refractivity contribution in [3.63, 3.8) is 0 Å². The lowest BCUT2D eigenvalue weighted by atomic mass is 10.1. The van der Waals surface area contributed by atoms with Crippen molar-refractivity contribution >= 4 is 23.7 Å². The van der Waals surface area contributed by atoms with E-state index < -0.39 is 0 Å². The number of nitrogens with zero attached hydrogens (tertiary/aromatic N) is 3. The number of carbonyl (C=O) groups is 2. The summed E-state index contributed by atoms with van der Waals surface area (Å²) in [6.07, 6.45) is 1.48. The molecule has 1 fully saturated rings. The second-order valence-electron chi connectivity index (χ2n) is 6.99. The summed E-state index contributed by atoms with van der Waals surface area (Å²) in [5, 5.41) is 10.2. The van der Waals surface area contributed by atoms with E-state index in [0.717, 1.165) is 32.7 Å². The van der Waals surface area contributed by atoms with Crippen molar-refractivity contribution in [3.8, 4) is 0 Å². The minimum atomic E-state index is -0.178. The quantitative estimate of drug-likeness (QED) is 0.820. The standard InChI is InChI=1S/C20H25N3O3/c1-14(2)20(26)23-11-9-22(10-12-23)8-7-21-13-17-18(24)15-5-3-4-6-16(15)19(17)25/h3-6,13-14,24H,7-12H2,1-2H3. The monoisotopic (exact) mass is 355 g/mol. The van der Waals surface area contributed by atoms with Gasteiger partial charge in [-0.2, -0.15) is 0 Å². The van der Waals surface area contributed by atoms with Crippen LogP contribution in [0.25, 0.3) is 5.76 Å². The van der Waals surface area contributed by atoms with Crippen molar-refractivity contribution in [1.82, 2.24) is 9.80 Å². The number of aliphatic hydroxyl groups is 1. The molecule has 1 amide bonds. The number of benzene rings is 1. The van der Waals surface area contributed by atoms with Gasteiger partial charge in [0.1, 0.15) is 5.76 Å². The molecule has 0 spiro atoms. The van der Waals surface area contributed by atoms with Crippen LogP contribution in [-0.2, 0) is 4.79 Å². The summed E-state index contributed by atoms with van der Waals surface area (Å²) >= 11 is 0. The number of piperazine rings is 1. The van der Waals surface area contributed by atoms with E-state index in [2.05, 4.69) is 9.89 Å². The van der Waals surface area contributed by atoms with Crippen molar-refractivity contribution in [2.45, 2.75) is 13.8 Å². The summed E-state index contributed by atoms with van der Waals surface area (Å²) in [7, 11) is 0. The van der Waals surface area contributed by atoms with Crippen LogP contribution >= 0.6 is 0 Å². The molecule has 0 bridgehead atoms. The molecule has 6 heteroatoms. The molecule has 0 saturated carbocycles. The van der Waals surface area contributed by atoms with Gasteiger partial charge in [-0.3, -0.25) is 19.5 Å². The van der Waals surface area contributed by atoms with E-state index in [1.54, 1.807) is 24.3 Å². The highest BCUT2D eigenvalue weighted by molar-refractivity contribution is 6.30. The number of aliphatic imine (C=N–C) groups is 1. The molecule has 3 rings (SSSR count). The molecule has 0 atom stereocenters. The third-order valence-corrected chi connectivity index (χ3v) is 4.87. The number of rotatable bonds is 5. The molecular weight excluding hydrogens is 330 g/mol. The SMILES string of the molecule is CC(C)C(=O)N1CCN(CCN=CC2=C(O)c3ccccc3C2=O)CC1. The van der Waals surface area contributed by atoms with Crippen LogP contribution in [0.15, 0.2) is 34.8 Å². The van der Waals surface area contributed by atoms with Crippen molar-refractivity contribution in [1.29, 1.82) is 0 Å². The Morgan fingerprint density at radius 3 is 2.46 bits per heavy atom. The fourth-order valence-corrected chi connectivity index (χ4v) is 3.32. The number of fused-ring (bicyclic) bond motifs is 1. The van der Waals surface area contributed by atoms with E-state index in [1.165, 1.54) is 6.21 Å². The highest BCUT2D eigenvalue weighted by Crippen LogP contribution is 2.29.